The Hall–Kier alpha value is -3.79. The first-order chi connectivity index (χ1) is 19.8. The van der Waals surface area contributed by atoms with Gasteiger partial charge in [-0.2, -0.15) is 8.42 Å². The third-order valence-electron chi connectivity index (χ3n) is 7.07. The molecule has 2 aromatic heterocycles. The minimum Gasteiger partial charge on any atom is -0.367 e. The highest BCUT2D eigenvalue weighted by Crippen LogP contribution is 2.50. The molecular weight excluding hydrogens is 552 g/mol. The molecule has 14 heteroatoms. The van der Waals surface area contributed by atoms with Gasteiger partial charge in [-0.25, -0.2) is 15.0 Å². The highest BCUT2D eigenvalue weighted by atomic mass is 32.2. The van der Waals surface area contributed by atoms with Gasteiger partial charge in [0.05, 0.1) is 19.2 Å². The lowest BCUT2D eigenvalue weighted by Gasteiger charge is -2.37. The second-order valence-corrected chi connectivity index (χ2v) is 11.4. The average Bonchev–Trinajstić information content (AvgIpc) is 3.64. The summed E-state index contributed by atoms with van der Waals surface area (Å²) in [7, 11) is -2.13. The molecule has 1 amide bonds. The van der Waals surface area contributed by atoms with Crippen molar-refractivity contribution < 1.29 is 31.6 Å². The van der Waals surface area contributed by atoms with Gasteiger partial charge < -0.3 is 19.5 Å². The van der Waals surface area contributed by atoms with Gasteiger partial charge in [0.25, 0.3) is 16.0 Å². The maximum atomic E-state index is 12.8. The number of benzene rings is 2. The van der Waals surface area contributed by atoms with Crippen molar-refractivity contribution in [3.63, 3.8) is 0 Å². The molecule has 214 valence electrons. The molecule has 6 rings (SSSR count). The monoisotopic (exact) mass is 580 g/mol. The number of nitrogens with zero attached hydrogens (tertiary/aromatic N) is 4. The zero-order chi connectivity index (χ0) is 28.6. The Labute approximate surface area is 235 Å². The van der Waals surface area contributed by atoms with E-state index in [1.54, 1.807) is 35.9 Å². The van der Waals surface area contributed by atoms with Crippen molar-refractivity contribution in [2.75, 3.05) is 25.2 Å². The van der Waals surface area contributed by atoms with Crippen LogP contribution in [0, 0.1) is 0 Å². The van der Waals surface area contributed by atoms with Crippen LogP contribution in [0.4, 0.5) is 5.82 Å². The first kappa shape index (κ1) is 27.4. The Morgan fingerprint density at radius 1 is 1.07 bits per heavy atom. The van der Waals surface area contributed by atoms with Gasteiger partial charge in [-0.15, -0.1) is 0 Å². The highest BCUT2D eigenvalue weighted by Gasteiger charge is 2.68. The standard InChI is InChI=1S/C27H28N6O7S/c1-28-26-27(14-38-41(2,35)36)21(37-13-17-9-5-3-6-10-17)20(39-26)25(40-27)33-16-31-19-22(29-15-30-23(19)33)32-24(34)18-11-7-4-8-12-18/h3-12,15-16,20-21,25-26,28H,13-14H2,1-2H3,(H,29,30,32,34)/t20-,21+,25-,26?,27-/m1/s1. The fourth-order valence-electron chi connectivity index (χ4n) is 5.22. The third-order valence-corrected chi connectivity index (χ3v) is 7.62. The molecule has 2 aliphatic rings. The number of hydrogen-bond donors (Lipinski definition) is 2. The van der Waals surface area contributed by atoms with E-state index in [1.165, 1.54) is 12.7 Å². The highest BCUT2D eigenvalue weighted by molar-refractivity contribution is 7.85. The lowest BCUT2D eigenvalue weighted by molar-refractivity contribution is -0.226. The summed E-state index contributed by atoms with van der Waals surface area (Å²) in [5.41, 5.74) is 0.793. The van der Waals surface area contributed by atoms with Crippen LogP contribution in [0.25, 0.3) is 11.2 Å². The summed E-state index contributed by atoms with van der Waals surface area (Å²) in [5, 5.41) is 5.84. The maximum Gasteiger partial charge on any atom is 0.264 e. The Bertz CT molecular complexity index is 1650. The van der Waals surface area contributed by atoms with E-state index in [0.717, 1.165) is 11.8 Å². The molecule has 5 atom stereocenters. The van der Waals surface area contributed by atoms with Crippen molar-refractivity contribution in [3.05, 3.63) is 84.4 Å². The van der Waals surface area contributed by atoms with E-state index < -0.39 is 40.4 Å². The van der Waals surface area contributed by atoms with Gasteiger partial charge in [0, 0.05) is 5.56 Å². The summed E-state index contributed by atoms with van der Waals surface area (Å²) in [6, 6.07) is 18.3. The molecule has 2 fully saturated rings. The van der Waals surface area contributed by atoms with Crippen LogP contribution in [-0.2, 0) is 35.1 Å². The van der Waals surface area contributed by atoms with E-state index in [1.807, 2.05) is 36.4 Å². The van der Waals surface area contributed by atoms with Crippen LogP contribution in [0.1, 0.15) is 22.1 Å². The summed E-state index contributed by atoms with van der Waals surface area (Å²) in [5.74, 6) is -0.116. The number of ether oxygens (including phenoxy) is 3. The predicted octanol–water partition coefficient (Wildman–Crippen LogP) is 1.85. The Morgan fingerprint density at radius 3 is 2.51 bits per heavy atom. The number of aromatic nitrogens is 4. The molecular formula is C27H28N6O7S. The Morgan fingerprint density at radius 2 is 1.80 bits per heavy atom. The van der Waals surface area contributed by atoms with Gasteiger partial charge in [-0.3, -0.25) is 18.9 Å². The van der Waals surface area contributed by atoms with Gasteiger partial charge in [-0.1, -0.05) is 48.5 Å². The van der Waals surface area contributed by atoms with Gasteiger partial charge in [0.1, 0.15) is 31.4 Å². The van der Waals surface area contributed by atoms with E-state index in [0.29, 0.717) is 16.7 Å². The second-order valence-electron chi connectivity index (χ2n) is 9.78. The van der Waals surface area contributed by atoms with Gasteiger partial charge in [-0.05, 0) is 24.7 Å². The molecule has 4 heterocycles. The number of fused-ring (bicyclic) bond motifs is 3. The van der Waals surface area contributed by atoms with Crippen molar-refractivity contribution in [2.45, 2.75) is 36.9 Å². The first-order valence-corrected chi connectivity index (χ1v) is 14.6. The topological polar surface area (TPSA) is 156 Å². The quantitative estimate of drug-likeness (QED) is 0.264. The van der Waals surface area contributed by atoms with Crippen LogP contribution in [0.3, 0.4) is 0 Å². The molecule has 41 heavy (non-hydrogen) atoms. The van der Waals surface area contributed by atoms with Gasteiger partial charge in [0.2, 0.25) is 0 Å². The summed E-state index contributed by atoms with van der Waals surface area (Å²) in [6.07, 6.45) is 0.871. The molecule has 2 N–H and O–H groups in total. The summed E-state index contributed by atoms with van der Waals surface area (Å²) < 4.78 is 50.2. The van der Waals surface area contributed by atoms with E-state index >= 15 is 0 Å². The molecule has 2 saturated heterocycles. The summed E-state index contributed by atoms with van der Waals surface area (Å²) >= 11 is 0. The molecule has 0 aliphatic carbocycles. The number of anilines is 1. The number of likely N-dealkylation sites (N-methyl/N-ethyl adjacent to an activating group) is 1. The van der Waals surface area contributed by atoms with E-state index in [2.05, 4.69) is 25.6 Å². The zero-order valence-electron chi connectivity index (χ0n) is 22.2. The number of carbonyl (C=O) groups excluding carboxylic acids is 1. The third kappa shape index (κ3) is 5.21. The molecule has 13 nitrogen and oxygen atoms in total. The Balaban J connectivity index is 1.33. The van der Waals surface area contributed by atoms with Crippen LogP contribution < -0.4 is 10.6 Å². The van der Waals surface area contributed by atoms with Crippen molar-refractivity contribution >= 4 is 33.0 Å². The first-order valence-electron chi connectivity index (χ1n) is 12.8. The fraction of sp³-hybridized carbons (Fsp3) is 0.333. The summed E-state index contributed by atoms with van der Waals surface area (Å²) in [6.45, 7) is -0.106. The van der Waals surface area contributed by atoms with Crippen LogP contribution in [0.5, 0.6) is 0 Å². The molecule has 2 aliphatic heterocycles. The van der Waals surface area contributed by atoms with Crippen molar-refractivity contribution in [2.24, 2.45) is 0 Å². The molecule has 1 unspecified atom stereocenters. The fourth-order valence-corrected chi connectivity index (χ4v) is 5.62. The van der Waals surface area contributed by atoms with E-state index in [4.69, 9.17) is 18.4 Å². The van der Waals surface area contributed by atoms with E-state index in [9.17, 15) is 13.2 Å². The average molecular weight is 581 g/mol. The zero-order valence-corrected chi connectivity index (χ0v) is 23.0. The van der Waals surface area contributed by atoms with Crippen LogP contribution >= 0.6 is 0 Å². The second kappa shape index (κ2) is 10.9. The minimum absolute atomic E-state index is 0.228. The van der Waals surface area contributed by atoms with E-state index in [-0.39, 0.29) is 24.9 Å². The molecule has 2 aromatic carbocycles. The SMILES string of the molecule is CNC1O[C@H]2[C@H](n3cnc4c(NC(=O)c5ccccc5)ncnc43)O[C@]1(COS(C)(=O)=O)[C@H]2OCc1ccccc1. The number of imidazole rings is 1. The maximum absolute atomic E-state index is 12.8. The van der Waals surface area contributed by atoms with Crippen molar-refractivity contribution in [1.82, 2.24) is 24.8 Å². The number of carbonyl (C=O) groups is 1. The number of rotatable bonds is 10. The molecule has 0 spiro atoms. The van der Waals surface area contributed by atoms with Crippen LogP contribution in [-0.4, -0.2) is 77.8 Å². The molecule has 2 bridgehead atoms. The van der Waals surface area contributed by atoms with Crippen LogP contribution in [0.15, 0.2) is 73.3 Å². The van der Waals surface area contributed by atoms with Gasteiger partial charge in [0.15, 0.2) is 28.8 Å². The molecule has 4 aromatic rings. The van der Waals surface area contributed by atoms with Crippen molar-refractivity contribution in [1.29, 1.82) is 0 Å². The van der Waals surface area contributed by atoms with Crippen LogP contribution in [0.2, 0.25) is 0 Å². The van der Waals surface area contributed by atoms with Gasteiger partial charge >= 0.3 is 0 Å². The lowest BCUT2D eigenvalue weighted by atomic mass is 9.97. The smallest absolute Gasteiger partial charge is 0.264 e. The minimum atomic E-state index is -3.81. The normalized spacial score (nSPS) is 25.5. The lowest BCUT2D eigenvalue weighted by Crippen LogP contribution is -2.57. The number of nitrogens with one attached hydrogen (secondary N) is 2. The molecule has 0 saturated carbocycles. The summed E-state index contributed by atoms with van der Waals surface area (Å²) in [4.78, 5) is 25.9. The largest absolute Gasteiger partial charge is 0.367 e. The number of amides is 1. The Kier molecular flexibility index (Phi) is 7.27. The molecule has 0 radical (unpaired) electrons. The van der Waals surface area contributed by atoms with Crippen molar-refractivity contribution in [3.8, 4) is 0 Å². The number of hydrogen-bond acceptors (Lipinski definition) is 11. The predicted molar refractivity (Wildman–Crippen MR) is 146 cm³/mol.